The number of H-pyrrole nitrogens is 1. The molecule has 0 bridgehead atoms. The summed E-state index contributed by atoms with van der Waals surface area (Å²) < 4.78 is 17.0. The Morgan fingerprint density at radius 1 is 1.40 bits per heavy atom. The van der Waals surface area contributed by atoms with Gasteiger partial charge in [-0.2, -0.15) is 0 Å². The van der Waals surface area contributed by atoms with Gasteiger partial charge in [0.25, 0.3) is 0 Å². The number of imidazole rings is 1. The van der Waals surface area contributed by atoms with E-state index in [-0.39, 0.29) is 11.2 Å². The molecule has 20 heavy (non-hydrogen) atoms. The molecular formula is C15H18BrFN2S. The first-order chi connectivity index (χ1) is 9.40. The van der Waals surface area contributed by atoms with Gasteiger partial charge in [-0.15, -0.1) is 0 Å². The van der Waals surface area contributed by atoms with Gasteiger partial charge in [-0.25, -0.2) is 4.39 Å². The first-order valence-electron chi connectivity index (χ1n) is 6.99. The van der Waals surface area contributed by atoms with Crippen LogP contribution in [-0.2, 0) is 0 Å². The van der Waals surface area contributed by atoms with E-state index in [9.17, 15) is 4.39 Å². The molecule has 1 fully saturated rings. The van der Waals surface area contributed by atoms with Crippen molar-refractivity contribution in [3.63, 3.8) is 0 Å². The van der Waals surface area contributed by atoms with Crippen LogP contribution in [0.15, 0.2) is 16.6 Å². The van der Waals surface area contributed by atoms with Crippen LogP contribution in [0, 0.1) is 16.0 Å². The first-order valence-corrected chi connectivity index (χ1v) is 8.19. The summed E-state index contributed by atoms with van der Waals surface area (Å²) in [6.07, 6.45) is 4.83. The summed E-state index contributed by atoms with van der Waals surface area (Å²) in [7, 11) is 0. The third-order valence-corrected chi connectivity index (χ3v) is 5.43. The quantitative estimate of drug-likeness (QED) is 0.645. The number of hydrogen-bond acceptors (Lipinski definition) is 1. The average molecular weight is 357 g/mol. The summed E-state index contributed by atoms with van der Waals surface area (Å²) >= 11 is 8.77. The lowest BCUT2D eigenvalue weighted by atomic mass is 9.73. The van der Waals surface area contributed by atoms with Gasteiger partial charge in [0, 0.05) is 12.1 Å². The van der Waals surface area contributed by atoms with Gasteiger partial charge >= 0.3 is 0 Å². The molecule has 2 aromatic rings. The molecule has 2 nitrogen and oxygen atoms in total. The van der Waals surface area contributed by atoms with Gasteiger partial charge in [-0.05, 0) is 52.5 Å². The van der Waals surface area contributed by atoms with Crippen LogP contribution in [0.4, 0.5) is 4.39 Å². The van der Waals surface area contributed by atoms with Crippen LogP contribution in [0.2, 0.25) is 0 Å². The Bertz CT molecular complexity index is 716. The van der Waals surface area contributed by atoms with Crippen molar-refractivity contribution >= 4 is 39.2 Å². The van der Waals surface area contributed by atoms with Gasteiger partial charge in [0.05, 0.1) is 15.5 Å². The van der Waals surface area contributed by atoms with Crippen LogP contribution in [0.25, 0.3) is 11.0 Å². The molecule has 1 aromatic carbocycles. The van der Waals surface area contributed by atoms with Crippen molar-refractivity contribution in [3.8, 4) is 0 Å². The molecular weight excluding hydrogens is 339 g/mol. The number of nitrogens with one attached hydrogen (secondary N) is 1. The maximum atomic E-state index is 13.7. The number of nitrogens with zero attached hydrogens (tertiary/aromatic N) is 1. The maximum Gasteiger partial charge on any atom is 0.178 e. The smallest absolute Gasteiger partial charge is 0.178 e. The second-order valence-corrected chi connectivity index (χ2v) is 7.57. The Morgan fingerprint density at radius 2 is 2.15 bits per heavy atom. The first kappa shape index (κ1) is 14.3. The topological polar surface area (TPSA) is 20.7 Å². The Morgan fingerprint density at radius 3 is 2.85 bits per heavy atom. The van der Waals surface area contributed by atoms with E-state index in [1.54, 1.807) is 0 Å². The summed E-state index contributed by atoms with van der Waals surface area (Å²) in [5, 5.41) is 0. The van der Waals surface area contributed by atoms with Crippen molar-refractivity contribution < 1.29 is 4.39 Å². The van der Waals surface area contributed by atoms with E-state index >= 15 is 0 Å². The van der Waals surface area contributed by atoms with Crippen molar-refractivity contribution in [1.29, 1.82) is 0 Å². The molecule has 1 aromatic heterocycles. The van der Waals surface area contributed by atoms with Crippen molar-refractivity contribution in [2.45, 2.75) is 45.6 Å². The highest BCUT2D eigenvalue weighted by Crippen LogP contribution is 2.45. The molecule has 0 amide bonds. The van der Waals surface area contributed by atoms with Gasteiger partial charge in [-0.3, -0.25) is 0 Å². The predicted octanol–water partition coefficient (Wildman–Crippen LogP) is 5.74. The van der Waals surface area contributed by atoms with Crippen LogP contribution in [0.3, 0.4) is 0 Å². The maximum absolute atomic E-state index is 13.7. The van der Waals surface area contributed by atoms with Crippen LogP contribution < -0.4 is 0 Å². The number of aromatic amines is 1. The zero-order chi connectivity index (χ0) is 14.5. The molecule has 0 radical (unpaired) electrons. The number of benzene rings is 1. The monoisotopic (exact) mass is 356 g/mol. The zero-order valence-corrected chi connectivity index (χ0v) is 14.1. The Hall–Kier alpha value is -0.680. The molecule has 0 spiro atoms. The molecule has 0 aliphatic heterocycles. The molecule has 1 N–H and O–H groups in total. The Labute approximate surface area is 131 Å². The van der Waals surface area contributed by atoms with Crippen molar-refractivity contribution in [2.24, 2.45) is 5.41 Å². The lowest BCUT2D eigenvalue weighted by molar-refractivity contribution is 0.146. The molecule has 1 aliphatic carbocycles. The van der Waals surface area contributed by atoms with Crippen molar-refractivity contribution in [1.82, 2.24) is 9.55 Å². The summed E-state index contributed by atoms with van der Waals surface area (Å²) in [6, 6.07) is 3.72. The molecule has 0 saturated heterocycles. The van der Waals surface area contributed by atoms with E-state index in [0.29, 0.717) is 15.3 Å². The third-order valence-electron chi connectivity index (χ3n) is 4.52. The standard InChI is InChI=1S/C15H18BrFN2S/c1-15(2)6-4-3-5-13(15)19-12-7-9(16)10(17)8-11(12)18-14(19)20/h7-8,13H,3-6H2,1-2H3,(H,18,20). The molecule has 1 aliphatic rings. The average Bonchev–Trinajstić information content (AvgIpc) is 2.65. The highest BCUT2D eigenvalue weighted by atomic mass is 79.9. The van der Waals surface area contributed by atoms with Crippen LogP contribution >= 0.6 is 28.1 Å². The van der Waals surface area contributed by atoms with E-state index in [1.165, 1.54) is 25.3 Å². The minimum absolute atomic E-state index is 0.215. The highest BCUT2D eigenvalue weighted by molar-refractivity contribution is 9.10. The fourth-order valence-corrected chi connectivity index (χ4v) is 4.05. The Kier molecular flexibility index (Phi) is 3.53. The van der Waals surface area contributed by atoms with Crippen molar-refractivity contribution in [3.05, 3.63) is 27.2 Å². The van der Waals surface area contributed by atoms with Crippen LogP contribution in [0.1, 0.15) is 45.6 Å². The van der Waals surface area contributed by atoms with E-state index < -0.39 is 0 Å². The molecule has 1 heterocycles. The number of hydrogen-bond donors (Lipinski definition) is 1. The second-order valence-electron chi connectivity index (χ2n) is 6.33. The minimum atomic E-state index is -0.260. The SMILES string of the molecule is CC1(C)CCCCC1n1c(=S)[nH]c2cc(F)c(Br)cc21. The molecule has 108 valence electrons. The van der Waals surface area contributed by atoms with Crippen LogP contribution in [-0.4, -0.2) is 9.55 Å². The van der Waals surface area contributed by atoms with Gasteiger partial charge in [0.2, 0.25) is 0 Å². The number of aromatic nitrogens is 2. The summed E-state index contributed by atoms with van der Waals surface area (Å²) in [5.41, 5.74) is 1.98. The third kappa shape index (κ3) is 2.25. The summed E-state index contributed by atoms with van der Waals surface area (Å²) in [6.45, 7) is 4.60. The van der Waals surface area contributed by atoms with E-state index in [4.69, 9.17) is 12.2 Å². The number of fused-ring (bicyclic) bond motifs is 1. The highest BCUT2D eigenvalue weighted by Gasteiger charge is 2.34. The minimum Gasteiger partial charge on any atom is -0.330 e. The zero-order valence-electron chi connectivity index (χ0n) is 11.7. The number of rotatable bonds is 1. The van der Waals surface area contributed by atoms with E-state index in [2.05, 4.69) is 39.3 Å². The Balaban J connectivity index is 2.23. The van der Waals surface area contributed by atoms with Crippen molar-refractivity contribution in [2.75, 3.05) is 0 Å². The van der Waals surface area contributed by atoms with E-state index in [1.807, 2.05) is 6.07 Å². The van der Waals surface area contributed by atoms with Gasteiger partial charge in [0.15, 0.2) is 4.77 Å². The van der Waals surface area contributed by atoms with Gasteiger partial charge < -0.3 is 9.55 Å². The van der Waals surface area contributed by atoms with Crippen LogP contribution in [0.5, 0.6) is 0 Å². The molecule has 5 heteroatoms. The fourth-order valence-electron chi connectivity index (χ4n) is 3.38. The summed E-state index contributed by atoms with van der Waals surface area (Å²) in [5.74, 6) is -0.260. The molecule has 1 unspecified atom stereocenters. The molecule has 3 rings (SSSR count). The lowest BCUT2D eigenvalue weighted by Gasteiger charge is -2.39. The predicted molar refractivity (Wildman–Crippen MR) is 86.1 cm³/mol. The fraction of sp³-hybridized carbons (Fsp3) is 0.533. The number of halogens is 2. The normalized spacial score (nSPS) is 22.3. The lowest BCUT2D eigenvalue weighted by Crippen LogP contribution is -2.30. The summed E-state index contributed by atoms with van der Waals surface area (Å²) in [4.78, 5) is 3.15. The van der Waals surface area contributed by atoms with Gasteiger partial charge in [-0.1, -0.05) is 26.7 Å². The molecule has 1 saturated carbocycles. The molecule has 1 atom stereocenters. The van der Waals surface area contributed by atoms with E-state index in [0.717, 1.165) is 17.5 Å². The van der Waals surface area contributed by atoms with Gasteiger partial charge in [0.1, 0.15) is 5.82 Å². The largest absolute Gasteiger partial charge is 0.330 e. The second kappa shape index (κ2) is 4.95.